The maximum absolute atomic E-state index is 12.6. The minimum absolute atomic E-state index is 0.00193. The van der Waals surface area contributed by atoms with E-state index in [0.717, 1.165) is 38.5 Å². The molecule has 0 aliphatic carbocycles. The van der Waals surface area contributed by atoms with E-state index in [2.05, 4.69) is 44.2 Å². The predicted molar refractivity (Wildman–Crippen MR) is 217 cm³/mol. The Bertz CT molecular complexity index is 1140. The van der Waals surface area contributed by atoms with Gasteiger partial charge in [-0.15, -0.1) is 0 Å². The van der Waals surface area contributed by atoms with Crippen molar-refractivity contribution in [3.63, 3.8) is 0 Å². The lowest BCUT2D eigenvalue weighted by molar-refractivity contribution is -0.889. The van der Waals surface area contributed by atoms with Crippen molar-refractivity contribution in [1.29, 1.82) is 0 Å². The van der Waals surface area contributed by atoms with Gasteiger partial charge in [0, 0.05) is 19.3 Å². The number of carboxylic acids is 1. The number of carbonyl (C=O) groups is 3. The van der Waals surface area contributed by atoms with Gasteiger partial charge < -0.3 is 28.6 Å². The van der Waals surface area contributed by atoms with Crippen LogP contribution in [0.3, 0.4) is 0 Å². The van der Waals surface area contributed by atoms with Gasteiger partial charge in [0.2, 0.25) is 0 Å². The van der Waals surface area contributed by atoms with Crippen molar-refractivity contribution in [3.8, 4) is 0 Å². The molecule has 0 aromatic rings. The average molecular weight is 740 g/mol. The fraction of sp³-hybridized carbons (Fsp3) is 0.622. The quantitative estimate of drug-likeness (QED) is 0.0281. The summed E-state index contributed by atoms with van der Waals surface area (Å²) in [4.78, 5) is 36.7. The zero-order valence-corrected chi connectivity index (χ0v) is 33.9. The number of hydrogen-bond donors (Lipinski definition) is 0. The Morgan fingerprint density at radius 2 is 1.08 bits per heavy atom. The van der Waals surface area contributed by atoms with Gasteiger partial charge in [-0.1, -0.05) is 144 Å². The smallest absolute Gasteiger partial charge is 0.306 e. The largest absolute Gasteiger partial charge is 0.544 e. The van der Waals surface area contributed by atoms with E-state index in [1.165, 1.54) is 44.9 Å². The monoisotopic (exact) mass is 740 g/mol. The first kappa shape index (κ1) is 49.5. The number of rotatable bonds is 34. The molecule has 0 N–H and O–H groups in total. The summed E-state index contributed by atoms with van der Waals surface area (Å²) in [5, 5.41) is 11.6. The number of esters is 2. The molecule has 0 saturated carbocycles. The molecule has 53 heavy (non-hydrogen) atoms. The Morgan fingerprint density at radius 1 is 0.585 bits per heavy atom. The van der Waals surface area contributed by atoms with Gasteiger partial charge in [0.1, 0.15) is 12.6 Å². The number of aliphatic carboxylic acids is 1. The van der Waals surface area contributed by atoms with Crippen LogP contribution in [0.1, 0.15) is 129 Å². The molecule has 0 spiro atoms. The molecule has 0 fully saturated rings. The lowest BCUT2D eigenvalue weighted by Gasteiger charge is -2.34. The van der Waals surface area contributed by atoms with E-state index in [0.29, 0.717) is 19.3 Å². The molecule has 0 heterocycles. The van der Waals surface area contributed by atoms with Crippen molar-refractivity contribution < 1.29 is 38.2 Å². The van der Waals surface area contributed by atoms with Gasteiger partial charge in [0.05, 0.1) is 40.3 Å². The standard InChI is InChI=1S/C45H73NO7/c1-6-8-10-12-14-16-18-20-21-22-24-25-27-29-31-33-35-43(47)52-40-41(39-51-38-37-42(45(49)50)46(3,4)5)53-44(48)36-34-32-30-28-26-23-19-17-15-13-11-9-7-2/h9,11,13,15,17,19,21-26,28,30,41-42H,6-8,10,12,14,16,18,20,27,29,31-40H2,1-5H3/b11-9+,15-13+,19-17+,22-21+,25-24+,26-23+,30-28+. The molecule has 2 unspecified atom stereocenters. The fourth-order valence-electron chi connectivity index (χ4n) is 5.27. The van der Waals surface area contributed by atoms with Crippen LogP contribution in [0.4, 0.5) is 0 Å². The Balaban J connectivity index is 4.56. The second-order valence-electron chi connectivity index (χ2n) is 14.3. The molecule has 0 amide bonds. The molecule has 2 atom stereocenters. The molecule has 0 bridgehead atoms. The van der Waals surface area contributed by atoms with Gasteiger partial charge in [0.15, 0.2) is 6.10 Å². The van der Waals surface area contributed by atoms with Crippen LogP contribution in [0.25, 0.3) is 0 Å². The van der Waals surface area contributed by atoms with Crippen molar-refractivity contribution in [2.75, 3.05) is 41.0 Å². The van der Waals surface area contributed by atoms with Gasteiger partial charge >= 0.3 is 11.9 Å². The van der Waals surface area contributed by atoms with Crippen LogP contribution in [0, 0.1) is 0 Å². The molecule has 0 aliphatic rings. The van der Waals surface area contributed by atoms with E-state index in [1.807, 2.05) is 54.7 Å². The molecular formula is C45H73NO7. The number of quaternary nitrogens is 1. The fourth-order valence-corrected chi connectivity index (χ4v) is 5.27. The summed E-state index contributed by atoms with van der Waals surface area (Å²) in [6.07, 6.45) is 44.8. The molecular weight excluding hydrogens is 666 g/mol. The maximum Gasteiger partial charge on any atom is 0.306 e. The highest BCUT2D eigenvalue weighted by molar-refractivity contribution is 5.70. The van der Waals surface area contributed by atoms with E-state index in [-0.39, 0.29) is 43.1 Å². The van der Waals surface area contributed by atoms with E-state index in [9.17, 15) is 19.5 Å². The van der Waals surface area contributed by atoms with Gasteiger partial charge in [-0.2, -0.15) is 0 Å². The molecule has 300 valence electrons. The Kier molecular flexibility index (Phi) is 33.2. The molecule has 0 aliphatic heterocycles. The highest BCUT2D eigenvalue weighted by Crippen LogP contribution is 2.11. The zero-order valence-electron chi connectivity index (χ0n) is 33.9. The number of allylic oxidation sites excluding steroid dienone is 14. The summed E-state index contributed by atoms with van der Waals surface area (Å²) in [5.74, 6) is -1.88. The van der Waals surface area contributed by atoms with E-state index < -0.39 is 24.1 Å². The normalized spacial score (nSPS) is 13.9. The van der Waals surface area contributed by atoms with Crippen LogP contribution in [0.5, 0.6) is 0 Å². The lowest BCUT2D eigenvalue weighted by Crippen LogP contribution is -2.55. The van der Waals surface area contributed by atoms with E-state index in [1.54, 1.807) is 21.1 Å². The summed E-state index contributed by atoms with van der Waals surface area (Å²) in [7, 11) is 5.35. The summed E-state index contributed by atoms with van der Waals surface area (Å²) >= 11 is 0. The van der Waals surface area contributed by atoms with Crippen molar-refractivity contribution in [2.45, 2.75) is 142 Å². The summed E-state index contributed by atoms with van der Waals surface area (Å²) in [6.45, 7) is 4.37. The van der Waals surface area contributed by atoms with Crippen LogP contribution in [0.15, 0.2) is 85.1 Å². The number of hydrogen-bond acceptors (Lipinski definition) is 7. The minimum Gasteiger partial charge on any atom is -0.544 e. The second kappa shape index (κ2) is 35.5. The second-order valence-corrected chi connectivity index (χ2v) is 14.3. The molecule has 0 aromatic heterocycles. The first-order valence-electron chi connectivity index (χ1n) is 20.2. The Hall–Kier alpha value is -3.49. The van der Waals surface area contributed by atoms with Crippen molar-refractivity contribution in [1.82, 2.24) is 0 Å². The molecule has 0 saturated heterocycles. The topological polar surface area (TPSA) is 102 Å². The molecule has 8 nitrogen and oxygen atoms in total. The third-order valence-corrected chi connectivity index (χ3v) is 8.42. The number of nitrogens with zero attached hydrogens (tertiary/aromatic N) is 1. The highest BCUT2D eigenvalue weighted by Gasteiger charge is 2.25. The maximum atomic E-state index is 12.6. The number of carbonyl (C=O) groups excluding carboxylic acids is 3. The molecule has 8 heteroatoms. The molecule has 0 rings (SSSR count). The highest BCUT2D eigenvalue weighted by atomic mass is 16.6. The van der Waals surface area contributed by atoms with E-state index >= 15 is 0 Å². The van der Waals surface area contributed by atoms with E-state index in [4.69, 9.17) is 14.2 Å². The lowest BCUT2D eigenvalue weighted by atomic mass is 10.1. The minimum atomic E-state index is -1.14. The zero-order chi connectivity index (χ0) is 39.3. The Labute approximate surface area is 323 Å². The number of ether oxygens (including phenoxy) is 3. The first-order chi connectivity index (χ1) is 25.6. The van der Waals surface area contributed by atoms with Gasteiger partial charge in [0.25, 0.3) is 0 Å². The molecule has 0 aromatic carbocycles. The van der Waals surface area contributed by atoms with Crippen LogP contribution >= 0.6 is 0 Å². The number of carboxylic acid groups (broad SMARTS) is 1. The van der Waals surface area contributed by atoms with Gasteiger partial charge in [-0.3, -0.25) is 9.59 Å². The third kappa shape index (κ3) is 34.1. The van der Waals surface area contributed by atoms with Gasteiger partial charge in [-0.05, 0) is 51.4 Å². The van der Waals surface area contributed by atoms with Crippen LogP contribution in [-0.4, -0.2) is 75.5 Å². The van der Waals surface area contributed by atoms with Crippen molar-refractivity contribution in [3.05, 3.63) is 85.1 Å². The average Bonchev–Trinajstić information content (AvgIpc) is 3.11. The van der Waals surface area contributed by atoms with Crippen LogP contribution in [-0.2, 0) is 28.6 Å². The SMILES string of the molecule is CC/C=C/C=C/C=C/C=C/C=C/CCCC(=O)OC(COCCC(C(=O)[O-])[N+](C)(C)C)COC(=O)CCCCC/C=C/C=C/CCCCCCCCC. The molecule has 0 radical (unpaired) electrons. The number of likely N-dealkylation sites (N-methyl/N-ethyl adjacent to an activating group) is 1. The third-order valence-electron chi connectivity index (χ3n) is 8.42. The number of unbranched alkanes of at least 4 members (excludes halogenated alkanes) is 11. The first-order valence-corrected chi connectivity index (χ1v) is 20.2. The van der Waals surface area contributed by atoms with Crippen LogP contribution < -0.4 is 5.11 Å². The predicted octanol–water partition coefficient (Wildman–Crippen LogP) is 9.24. The van der Waals surface area contributed by atoms with Crippen LogP contribution in [0.2, 0.25) is 0 Å². The van der Waals surface area contributed by atoms with Gasteiger partial charge in [-0.25, -0.2) is 0 Å². The van der Waals surface area contributed by atoms with Crippen molar-refractivity contribution >= 4 is 17.9 Å². The van der Waals surface area contributed by atoms with Crippen molar-refractivity contribution in [2.24, 2.45) is 0 Å². The summed E-state index contributed by atoms with van der Waals surface area (Å²) in [6, 6.07) is -0.746. The Morgan fingerprint density at radius 3 is 1.64 bits per heavy atom. The summed E-state index contributed by atoms with van der Waals surface area (Å²) in [5.41, 5.74) is 0. The summed E-state index contributed by atoms with van der Waals surface area (Å²) < 4.78 is 17.0.